The SMILES string of the molecule is CCN1CC2(CCN(CCOc3ccccc3)CC2)OC2(CC2)C1=O. The predicted octanol–water partition coefficient (Wildman–Crippen LogP) is 2.31. The normalized spacial score (nSPS) is 24.7. The molecule has 0 atom stereocenters. The van der Waals surface area contributed by atoms with Crippen molar-refractivity contribution < 1.29 is 14.3 Å². The number of likely N-dealkylation sites (N-methyl/N-ethyl adjacent to an activating group) is 1. The highest BCUT2D eigenvalue weighted by Crippen LogP contribution is 2.49. The zero-order valence-electron chi connectivity index (χ0n) is 15.1. The molecule has 0 N–H and O–H groups in total. The number of para-hydroxylation sites is 1. The van der Waals surface area contributed by atoms with Gasteiger partial charge in [-0.05, 0) is 44.7 Å². The van der Waals surface area contributed by atoms with Crippen LogP contribution in [0.2, 0.25) is 0 Å². The first kappa shape index (κ1) is 16.9. The fourth-order valence-electron chi connectivity index (χ4n) is 4.14. The molecule has 2 aliphatic heterocycles. The van der Waals surface area contributed by atoms with Gasteiger partial charge in [0.25, 0.3) is 5.91 Å². The average molecular weight is 344 g/mol. The zero-order valence-corrected chi connectivity index (χ0v) is 15.1. The molecule has 1 aromatic rings. The smallest absolute Gasteiger partial charge is 0.254 e. The second-order valence-corrected chi connectivity index (χ2v) is 7.60. The van der Waals surface area contributed by atoms with Crippen LogP contribution >= 0.6 is 0 Å². The Morgan fingerprint density at radius 3 is 2.48 bits per heavy atom. The molecule has 0 radical (unpaired) electrons. The quantitative estimate of drug-likeness (QED) is 0.822. The lowest BCUT2D eigenvalue weighted by molar-refractivity contribution is -0.200. The topological polar surface area (TPSA) is 42.0 Å². The monoisotopic (exact) mass is 344 g/mol. The third kappa shape index (κ3) is 3.40. The van der Waals surface area contributed by atoms with Crippen molar-refractivity contribution in [3.05, 3.63) is 30.3 Å². The third-order valence-electron chi connectivity index (χ3n) is 5.84. The number of likely N-dealkylation sites (tertiary alicyclic amines) is 1. The van der Waals surface area contributed by atoms with Crippen LogP contribution in [0.25, 0.3) is 0 Å². The molecular weight excluding hydrogens is 316 g/mol. The van der Waals surface area contributed by atoms with Gasteiger partial charge in [0.05, 0.1) is 5.60 Å². The molecule has 2 heterocycles. The molecule has 1 amide bonds. The van der Waals surface area contributed by atoms with Gasteiger partial charge in [0, 0.05) is 32.7 Å². The second-order valence-electron chi connectivity index (χ2n) is 7.60. The number of benzene rings is 1. The van der Waals surface area contributed by atoms with Crippen LogP contribution in [0.5, 0.6) is 5.75 Å². The Morgan fingerprint density at radius 1 is 1.12 bits per heavy atom. The molecular formula is C20H28N2O3. The van der Waals surface area contributed by atoms with E-state index in [4.69, 9.17) is 9.47 Å². The van der Waals surface area contributed by atoms with Crippen LogP contribution in [-0.4, -0.2) is 66.2 Å². The minimum absolute atomic E-state index is 0.128. The van der Waals surface area contributed by atoms with Gasteiger partial charge in [0.15, 0.2) is 0 Å². The Bertz CT molecular complexity index is 607. The number of carbonyl (C=O) groups excluding carboxylic acids is 1. The third-order valence-corrected chi connectivity index (χ3v) is 5.84. The maximum Gasteiger partial charge on any atom is 0.254 e. The van der Waals surface area contributed by atoms with E-state index in [2.05, 4.69) is 11.8 Å². The van der Waals surface area contributed by atoms with Gasteiger partial charge in [0.1, 0.15) is 18.0 Å². The molecule has 3 aliphatic rings. The standard InChI is InChI=1S/C20H28N2O3/c1-2-22-16-19(25-20(8-9-20)18(22)23)10-12-21(13-11-19)14-15-24-17-6-4-3-5-7-17/h3-7H,2,8-16H2,1H3. The molecule has 5 nitrogen and oxygen atoms in total. The van der Waals surface area contributed by atoms with Crippen molar-refractivity contribution in [3.8, 4) is 5.75 Å². The van der Waals surface area contributed by atoms with Crippen LogP contribution in [0.15, 0.2) is 30.3 Å². The summed E-state index contributed by atoms with van der Waals surface area (Å²) >= 11 is 0. The van der Waals surface area contributed by atoms with Gasteiger partial charge in [-0.1, -0.05) is 18.2 Å². The number of nitrogens with zero attached hydrogens (tertiary/aromatic N) is 2. The summed E-state index contributed by atoms with van der Waals surface area (Å²) < 4.78 is 12.2. The van der Waals surface area contributed by atoms with E-state index in [9.17, 15) is 4.79 Å². The fraction of sp³-hybridized carbons (Fsp3) is 0.650. The molecule has 1 saturated carbocycles. The first-order chi connectivity index (χ1) is 12.1. The average Bonchev–Trinajstić information content (AvgIpc) is 3.41. The lowest BCUT2D eigenvalue weighted by Crippen LogP contribution is -2.63. The number of amides is 1. The number of hydrogen-bond acceptors (Lipinski definition) is 4. The molecule has 0 unspecified atom stereocenters. The summed E-state index contributed by atoms with van der Waals surface area (Å²) in [6, 6.07) is 9.97. The van der Waals surface area contributed by atoms with Crippen LogP contribution in [-0.2, 0) is 9.53 Å². The summed E-state index contributed by atoms with van der Waals surface area (Å²) in [5.74, 6) is 1.15. The van der Waals surface area contributed by atoms with Crippen molar-refractivity contribution in [2.45, 2.75) is 43.8 Å². The van der Waals surface area contributed by atoms with Gasteiger partial charge in [-0.25, -0.2) is 0 Å². The Hall–Kier alpha value is -1.59. The van der Waals surface area contributed by atoms with Crippen molar-refractivity contribution in [2.75, 3.05) is 39.3 Å². The highest BCUT2D eigenvalue weighted by Gasteiger charge is 2.61. The molecule has 1 aromatic carbocycles. The summed E-state index contributed by atoms with van der Waals surface area (Å²) in [5.41, 5.74) is -0.593. The van der Waals surface area contributed by atoms with E-state index in [0.717, 1.165) is 64.2 Å². The van der Waals surface area contributed by atoms with Crippen molar-refractivity contribution in [2.24, 2.45) is 0 Å². The molecule has 136 valence electrons. The van der Waals surface area contributed by atoms with Crippen LogP contribution in [0.4, 0.5) is 0 Å². The molecule has 2 spiro atoms. The molecule has 2 saturated heterocycles. The van der Waals surface area contributed by atoms with Crippen molar-refractivity contribution in [3.63, 3.8) is 0 Å². The molecule has 0 aromatic heterocycles. The fourth-order valence-corrected chi connectivity index (χ4v) is 4.14. The van der Waals surface area contributed by atoms with Crippen molar-refractivity contribution in [1.29, 1.82) is 0 Å². The van der Waals surface area contributed by atoms with E-state index in [1.165, 1.54) is 0 Å². The zero-order chi connectivity index (χ0) is 17.3. The molecule has 5 heteroatoms. The molecule has 25 heavy (non-hydrogen) atoms. The number of hydrogen-bond donors (Lipinski definition) is 0. The van der Waals surface area contributed by atoms with Crippen molar-refractivity contribution >= 4 is 5.91 Å². The van der Waals surface area contributed by atoms with Gasteiger partial charge < -0.3 is 14.4 Å². The minimum Gasteiger partial charge on any atom is -0.492 e. The number of ether oxygens (including phenoxy) is 2. The maximum absolute atomic E-state index is 12.5. The Balaban J connectivity index is 1.28. The molecule has 3 fully saturated rings. The molecule has 0 bridgehead atoms. The Labute approximate surface area is 149 Å². The van der Waals surface area contributed by atoms with E-state index in [1.54, 1.807) is 0 Å². The van der Waals surface area contributed by atoms with Crippen LogP contribution in [0, 0.1) is 0 Å². The minimum atomic E-state index is -0.465. The van der Waals surface area contributed by atoms with Gasteiger partial charge >= 0.3 is 0 Å². The van der Waals surface area contributed by atoms with E-state index in [1.807, 2.05) is 35.2 Å². The lowest BCUT2D eigenvalue weighted by atomic mass is 9.88. The van der Waals surface area contributed by atoms with Gasteiger partial charge in [0.2, 0.25) is 0 Å². The number of piperidine rings is 1. The van der Waals surface area contributed by atoms with Crippen LogP contribution in [0.1, 0.15) is 32.6 Å². The van der Waals surface area contributed by atoms with Gasteiger partial charge in [-0.3, -0.25) is 9.69 Å². The first-order valence-corrected chi connectivity index (χ1v) is 9.55. The van der Waals surface area contributed by atoms with Crippen molar-refractivity contribution in [1.82, 2.24) is 9.80 Å². The number of carbonyl (C=O) groups is 1. The number of morpholine rings is 1. The number of rotatable bonds is 5. The van der Waals surface area contributed by atoms with Crippen LogP contribution in [0.3, 0.4) is 0 Å². The molecule has 1 aliphatic carbocycles. The summed E-state index contributed by atoms with van der Waals surface area (Å²) in [7, 11) is 0. The Morgan fingerprint density at radius 2 is 1.84 bits per heavy atom. The second kappa shape index (κ2) is 6.61. The highest BCUT2D eigenvalue weighted by atomic mass is 16.5. The molecule has 4 rings (SSSR count). The van der Waals surface area contributed by atoms with E-state index < -0.39 is 5.60 Å². The summed E-state index contributed by atoms with van der Waals surface area (Å²) in [5, 5.41) is 0. The largest absolute Gasteiger partial charge is 0.492 e. The van der Waals surface area contributed by atoms with E-state index >= 15 is 0 Å². The van der Waals surface area contributed by atoms with E-state index in [0.29, 0.717) is 6.61 Å². The van der Waals surface area contributed by atoms with Crippen LogP contribution < -0.4 is 4.74 Å². The lowest BCUT2D eigenvalue weighted by Gasteiger charge is -2.50. The van der Waals surface area contributed by atoms with Gasteiger partial charge in [-0.15, -0.1) is 0 Å². The maximum atomic E-state index is 12.5. The predicted molar refractivity (Wildman–Crippen MR) is 95.6 cm³/mol. The summed E-state index contributed by atoms with van der Waals surface area (Å²) in [4.78, 5) is 16.9. The Kier molecular flexibility index (Phi) is 4.46. The summed E-state index contributed by atoms with van der Waals surface area (Å²) in [6.45, 7) is 7.30. The summed E-state index contributed by atoms with van der Waals surface area (Å²) in [6.07, 6.45) is 3.81. The first-order valence-electron chi connectivity index (χ1n) is 9.55. The highest BCUT2D eigenvalue weighted by molar-refractivity contribution is 5.89. The van der Waals surface area contributed by atoms with Gasteiger partial charge in [-0.2, -0.15) is 0 Å². The van der Waals surface area contributed by atoms with E-state index in [-0.39, 0.29) is 11.5 Å².